The Morgan fingerprint density at radius 1 is 1.29 bits per heavy atom. The Labute approximate surface area is 202 Å². The van der Waals surface area contributed by atoms with Crippen molar-refractivity contribution in [3.63, 3.8) is 0 Å². The van der Waals surface area contributed by atoms with E-state index in [1.807, 2.05) is 6.07 Å². The minimum atomic E-state index is -0.710. The van der Waals surface area contributed by atoms with Crippen LogP contribution in [0.1, 0.15) is 42.9 Å². The molecule has 1 unspecified atom stereocenters. The van der Waals surface area contributed by atoms with Crippen LogP contribution in [-0.4, -0.2) is 69.8 Å². The van der Waals surface area contributed by atoms with E-state index in [4.69, 9.17) is 16.0 Å². The van der Waals surface area contributed by atoms with Gasteiger partial charge in [0.1, 0.15) is 6.04 Å². The van der Waals surface area contributed by atoms with Gasteiger partial charge in [-0.1, -0.05) is 6.07 Å². The van der Waals surface area contributed by atoms with Gasteiger partial charge in [-0.05, 0) is 61.3 Å². The zero-order chi connectivity index (χ0) is 23.6. The van der Waals surface area contributed by atoms with Crippen LogP contribution in [0, 0.1) is 17.2 Å². The Morgan fingerprint density at radius 3 is 2.91 bits per heavy atom. The van der Waals surface area contributed by atoms with E-state index in [9.17, 15) is 14.9 Å². The Kier molecular flexibility index (Phi) is 5.55. The van der Waals surface area contributed by atoms with E-state index in [2.05, 4.69) is 33.0 Å². The van der Waals surface area contributed by atoms with E-state index in [0.29, 0.717) is 12.5 Å². The molecule has 34 heavy (non-hydrogen) atoms. The lowest BCUT2D eigenvalue weighted by Crippen LogP contribution is -2.57. The van der Waals surface area contributed by atoms with Gasteiger partial charge in [0, 0.05) is 30.1 Å². The molecule has 2 aliphatic carbocycles. The molecule has 4 fully saturated rings. The van der Waals surface area contributed by atoms with Crippen molar-refractivity contribution in [2.75, 3.05) is 13.1 Å². The number of nitrogens with two attached hydrogens (primary N) is 2. The fraction of sp³-hybridized carbons (Fsp3) is 0.609. The van der Waals surface area contributed by atoms with Gasteiger partial charge in [0.2, 0.25) is 11.8 Å². The van der Waals surface area contributed by atoms with Crippen molar-refractivity contribution in [3.8, 4) is 6.07 Å². The molecule has 4 N–H and O–H groups in total. The number of likely N-dealkylation sites (tertiary alicyclic amines) is 3. The van der Waals surface area contributed by atoms with E-state index in [0.717, 1.165) is 55.6 Å². The summed E-state index contributed by atoms with van der Waals surface area (Å²) in [5, 5.41) is 9.40. The largest absolute Gasteiger partial charge is 0.330 e. The predicted molar refractivity (Wildman–Crippen MR) is 121 cm³/mol. The monoisotopic (exact) mass is 484 g/mol. The topological polar surface area (TPSA) is 138 Å². The summed E-state index contributed by atoms with van der Waals surface area (Å²) in [5.74, 6) is 5.37. The van der Waals surface area contributed by atoms with Crippen LogP contribution in [0.3, 0.4) is 0 Å². The molecule has 11 heteroatoms. The van der Waals surface area contributed by atoms with Gasteiger partial charge in [-0.2, -0.15) is 11.2 Å². The van der Waals surface area contributed by atoms with Crippen molar-refractivity contribution >= 4 is 23.9 Å². The van der Waals surface area contributed by atoms with Crippen LogP contribution >= 0.6 is 12.0 Å². The Balaban J connectivity index is 1.10. The molecule has 2 amide bonds. The van der Waals surface area contributed by atoms with E-state index in [1.165, 1.54) is 11.1 Å². The van der Waals surface area contributed by atoms with Gasteiger partial charge in [0.15, 0.2) is 0 Å². The molecule has 6 rings (SSSR count). The van der Waals surface area contributed by atoms with Crippen molar-refractivity contribution in [2.45, 2.75) is 73.3 Å². The van der Waals surface area contributed by atoms with Crippen molar-refractivity contribution in [1.29, 1.82) is 5.26 Å². The summed E-state index contributed by atoms with van der Waals surface area (Å²) in [6, 6.07) is 7.43. The maximum atomic E-state index is 13.4. The second kappa shape index (κ2) is 8.48. The first kappa shape index (κ1) is 22.3. The molecule has 3 saturated heterocycles. The second-order valence-corrected chi connectivity index (χ2v) is 10.8. The van der Waals surface area contributed by atoms with Gasteiger partial charge in [0.05, 0.1) is 36.2 Å². The molecule has 1 aromatic rings. The fourth-order valence-electron chi connectivity index (χ4n) is 6.68. The van der Waals surface area contributed by atoms with Gasteiger partial charge >= 0.3 is 0 Å². The van der Waals surface area contributed by atoms with Crippen LogP contribution in [0.15, 0.2) is 23.1 Å². The second-order valence-electron chi connectivity index (χ2n) is 10.1. The summed E-state index contributed by atoms with van der Waals surface area (Å²) in [6.45, 7) is 1.09. The van der Waals surface area contributed by atoms with Crippen molar-refractivity contribution in [3.05, 3.63) is 29.3 Å². The minimum Gasteiger partial charge on any atom is -0.330 e. The lowest BCUT2D eigenvalue weighted by atomic mass is 10.1. The molecule has 0 radical (unpaired) electrons. The zero-order valence-electron chi connectivity index (χ0n) is 18.7. The number of fused-ring (bicyclic) bond motifs is 4. The third kappa shape index (κ3) is 3.52. The van der Waals surface area contributed by atoms with Crippen LogP contribution in [-0.2, 0) is 25.3 Å². The third-order valence-electron chi connectivity index (χ3n) is 8.24. The van der Waals surface area contributed by atoms with Gasteiger partial charge in [0.25, 0.3) is 0 Å². The fourth-order valence-corrected chi connectivity index (χ4v) is 7.11. The molecule has 180 valence electrons. The third-order valence-corrected chi connectivity index (χ3v) is 8.83. The average Bonchev–Trinajstić information content (AvgIpc) is 3.17. The number of hydrogen-bond acceptors (Lipinski definition) is 9. The number of nitriles is 1. The molecule has 5 aliphatic rings. The SMILES string of the molecule is N#C[C@@H]1C[C@@H]2CC2N1C(=O)[C@@H](N)CN1C[C@@H]2C[C@H]1C(=O)N2[C@H]1CCc2cc(SOON)ccc21. The number of carbonyl (C=O) groups excluding carboxylic acids is 2. The first-order valence-electron chi connectivity index (χ1n) is 11.9. The predicted octanol–water partition coefficient (Wildman–Crippen LogP) is 0.628. The number of aryl methyl sites for hydroxylation is 1. The molecule has 3 aliphatic heterocycles. The summed E-state index contributed by atoms with van der Waals surface area (Å²) in [7, 11) is 0. The summed E-state index contributed by atoms with van der Waals surface area (Å²) < 4.78 is 4.75. The van der Waals surface area contributed by atoms with Gasteiger partial charge < -0.3 is 15.5 Å². The molecule has 2 bridgehead atoms. The lowest BCUT2D eigenvalue weighted by molar-refractivity contribution is -0.195. The van der Waals surface area contributed by atoms with E-state index < -0.39 is 6.04 Å². The summed E-state index contributed by atoms with van der Waals surface area (Å²) >= 11 is 1.06. The van der Waals surface area contributed by atoms with Crippen molar-refractivity contribution < 1.29 is 18.9 Å². The number of nitrogens with zero attached hydrogens (tertiary/aromatic N) is 4. The number of rotatable bonds is 7. The Morgan fingerprint density at radius 2 is 2.15 bits per heavy atom. The highest BCUT2D eigenvalue weighted by atomic mass is 32.2. The summed E-state index contributed by atoms with van der Waals surface area (Å²) in [5.41, 5.74) is 8.73. The maximum absolute atomic E-state index is 13.4. The van der Waals surface area contributed by atoms with Gasteiger partial charge in [-0.15, -0.1) is 9.32 Å². The minimum absolute atomic E-state index is 0.0773. The van der Waals surface area contributed by atoms with Crippen molar-refractivity contribution in [2.24, 2.45) is 17.5 Å². The highest BCUT2D eigenvalue weighted by Crippen LogP contribution is 2.48. The zero-order valence-corrected chi connectivity index (χ0v) is 19.5. The molecular formula is C23H28N6O4S. The van der Waals surface area contributed by atoms with Crippen LogP contribution < -0.4 is 11.6 Å². The molecule has 10 nitrogen and oxygen atoms in total. The smallest absolute Gasteiger partial charge is 0.242 e. The molecule has 3 heterocycles. The normalized spacial score (nSPS) is 34.3. The molecule has 0 aromatic heterocycles. The van der Waals surface area contributed by atoms with Crippen LogP contribution in [0.4, 0.5) is 0 Å². The molecule has 1 saturated carbocycles. The number of piperidine rings is 1. The summed E-state index contributed by atoms with van der Waals surface area (Å²) in [4.78, 5) is 37.4. The van der Waals surface area contributed by atoms with Gasteiger partial charge in [-0.3, -0.25) is 14.5 Å². The van der Waals surface area contributed by atoms with Crippen LogP contribution in [0.25, 0.3) is 0 Å². The van der Waals surface area contributed by atoms with Crippen LogP contribution in [0.2, 0.25) is 0 Å². The Bertz CT molecular complexity index is 1060. The maximum Gasteiger partial charge on any atom is 0.242 e. The molecule has 1 aromatic carbocycles. The molecule has 7 atom stereocenters. The quantitative estimate of drug-likeness (QED) is 0.324. The number of hydrogen-bond donors (Lipinski definition) is 2. The number of amides is 2. The highest BCUT2D eigenvalue weighted by Gasteiger charge is 2.56. The number of carbonyl (C=O) groups is 2. The molecule has 0 spiro atoms. The van der Waals surface area contributed by atoms with E-state index in [1.54, 1.807) is 4.90 Å². The average molecular weight is 485 g/mol. The molecular weight excluding hydrogens is 456 g/mol. The first-order valence-corrected chi connectivity index (χ1v) is 12.6. The van der Waals surface area contributed by atoms with E-state index >= 15 is 0 Å². The number of benzene rings is 1. The van der Waals surface area contributed by atoms with Crippen LogP contribution in [0.5, 0.6) is 0 Å². The first-order chi connectivity index (χ1) is 16.5. The van der Waals surface area contributed by atoms with Gasteiger partial charge in [-0.25, -0.2) is 0 Å². The number of piperazine rings is 1. The Hall–Kier alpha value is -2.20. The summed E-state index contributed by atoms with van der Waals surface area (Å²) in [6.07, 6.45) is 4.32. The van der Waals surface area contributed by atoms with Crippen molar-refractivity contribution in [1.82, 2.24) is 14.7 Å². The van der Waals surface area contributed by atoms with E-state index in [-0.39, 0.29) is 42.0 Å². The highest BCUT2D eigenvalue weighted by molar-refractivity contribution is 7.94. The lowest BCUT2D eigenvalue weighted by Gasteiger charge is -2.38. The standard InChI is InChI=1S/C23H28N6O4S/c24-9-14-5-13-7-20(13)28(14)22(30)18(25)11-27-10-15-8-21(27)23(31)29(15)19-4-1-12-6-16(34-33-32-26)2-3-17(12)19/h2-3,6,13-15,18-21H,1,4-5,7-8,10-11,25-26H2/t13-,14+,15+,18+,19+,20?,21+/m1/s1.